The van der Waals surface area contributed by atoms with E-state index >= 15 is 0 Å². The third kappa shape index (κ3) is 4.13. The topological polar surface area (TPSA) is 26.3 Å². The summed E-state index contributed by atoms with van der Waals surface area (Å²) in [5, 5.41) is 8.11. The van der Waals surface area contributed by atoms with Crippen molar-refractivity contribution in [3.8, 4) is 44.7 Å². The number of fused-ring (bicyclic) bond motifs is 6. The van der Waals surface area contributed by atoms with Crippen LogP contribution in [0.15, 0.2) is 179 Å². The predicted octanol–water partition coefficient (Wildman–Crippen LogP) is 13.3. The van der Waals surface area contributed by atoms with Crippen molar-refractivity contribution < 1.29 is 8.83 Å². The lowest BCUT2D eigenvalue weighted by Crippen LogP contribution is -1.90. The zero-order valence-electron chi connectivity index (χ0n) is 26.0. The molecule has 224 valence electrons. The van der Waals surface area contributed by atoms with E-state index in [1.807, 2.05) is 12.1 Å². The number of hydrogen-bond donors (Lipinski definition) is 0. The molecule has 10 aromatic rings. The van der Waals surface area contributed by atoms with Gasteiger partial charge in [-0.15, -0.1) is 0 Å². The van der Waals surface area contributed by atoms with Crippen LogP contribution in [-0.4, -0.2) is 0 Å². The molecule has 0 saturated carbocycles. The molecule has 0 spiro atoms. The van der Waals surface area contributed by atoms with Crippen LogP contribution in [-0.2, 0) is 0 Å². The molecule has 0 fully saturated rings. The average Bonchev–Trinajstić information content (AvgIpc) is 3.75. The highest BCUT2D eigenvalue weighted by Crippen LogP contribution is 2.46. The highest BCUT2D eigenvalue weighted by atomic mass is 16.3. The highest BCUT2D eigenvalue weighted by molar-refractivity contribution is 6.21. The molecule has 0 atom stereocenters. The fraction of sp³-hybridized carbons (Fsp3) is 0. The van der Waals surface area contributed by atoms with Gasteiger partial charge in [0.05, 0.1) is 0 Å². The number of para-hydroxylation sites is 1. The van der Waals surface area contributed by atoms with Crippen molar-refractivity contribution in [2.24, 2.45) is 0 Å². The van der Waals surface area contributed by atoms with Crippen molar-refractivity contribution in [1.82, 2.24) is 0 Å². The molecule has 0 amide bonds. The van der Waals surface area contributed by atoms with Gasteiger partial charge in [-0.2, -0.15) is 0 Å². The van der Waals surface area contributed by atoms with Gasteiger partial charge in [0.25, 0.3) is 0 Å². The zero-order chi connectivity index (χ0) is 31.6. The molecule has 2 nitrogen and oxygen atoms in total. The Hall–Kier alpha value is -6.38. The summed E-state index contributed by atoms with van der Waals surface area (Å²) in [6, 6.07) is 60.2. The standard InChI is InChI=1S/C46H28O2/c1-2-12-29(13-3-1)30-24-25-40-33(26-30)28-43(47-40)46-37-18-6-4-16-35(37)44(36-17-5-7-19-38(36)46)32-15-10-14-31(27-32)34-21-11-23-42-45(34)39-20-8-9-22-41(39)48-42/h1-28H. The lowest BCUT2D eigenvalue weighted by molar-refractivity contribution is 0.633. The maximum Gasteiger partial charge on any atom is 0.136 e. The van der Waals surface area contributed by atoms with Crippen LogP contribution >= 0.6 is 0 Å². The molecule has 0 radical (unpaired) electrons. The van der Waals surface area contributed by atoms with Gasteiger partial charge in [-0.3, -0.25) is 0 Å². The van der Waals surface area contributed by atoms with Crippen LogP contribution in [0.25, 0.3) is 99.2 Å². The summed E-state index contributed by atoms with van der Waals surface area (Å²) >= 11 is 0. The van der Waals surface area contributed by atoms with E-state index in [0.717, 1.165) is 49.8 Å². The van der Waals surface area contributed by atoms with E-state index in [-0.39, 0.29) is 0 Å². The molecular formula is C46H28O2. The minimum atomic E-state index is 0.876. The van der Waals surface area contributed by atoms with Crippen LogP contribution in [0.4, 0.5) is 0 Å². The Morgan fingerprint density at radius 3 is 1.69 bits per heavy atom. The molecule has 10 rings (SSSR count). The molecule has 0 unspecified atom stereocenters. The lowest BCUT2D eigenvalue weighted by Gasteiger charge is -2.17. The lowest BCUT2D eigenvalue weighted by atomic mass is 9.86. The SMILES string of the molecule is c1ccc(-c2ccc3oc(-c4c5ccccc5c(-c5cccc(-c6cccc7oc8ccccc8c67)c5)c5ccccc45)cc3c2)cc1. The molecule has 8 aromatic carbocycles. The normalized spacial score (nSPS) is 11.8. The molecule has 2 heteroatoms. The summed E-state index contributed by atoms with van der Waals surface area (Å²) < 4.78 is 12.9. The number of rotatable bonds is 4. The Morgan fingerprint density at radius 1 is 0.312 bits per heavy atom. The maximum absolute atomic E-state index is 6.64. The van der Waals surface area contributed by atoms with Gasteiger partial charge >= 0.3 is 0 Å². The van der Waals surface area contributed by atoms with Gasteiger partial charge in [0, 0.05) is 21.7 Å². The van der Waals surface area contributed by atoms with Gasteiger partial charge in [0.1, 0.15) is 22.5 Å². The molecule has 48 heavy (non-hydrogen) atoms. The first-order valence-corrected chi connectivity index (χ1v) is 16.3. The van der Waals surface area contributed by atoms with E-state index in [4.69, 9.17) is 8.83 Å². The predicted molar refractivity (Wildman–Crippen MR) is 200 cm³/mol. The number of benzene rings is 8. The quantitative estimate of drug-likeness (QED) is 0.185. The molecule has 0 aliphatic rings. The minimum Gasteiger partial charge on any atom is -0.456 e. The Balaban J connectivity index is 1.19. The van der Waals surface area contributed by atoms with E-state index in [1.165, 1.54) is 49.4 Å². The number of furan rings is 2. The summed E-state index contributed by atoms with van der Waals surface area (Å²) in [7, 11) is 0. The first kappa shape index (κ1) is 26.8. The maximum atomic E-state index is 6.64. The Kier molecular flexibility index (Phi) is 5.91. The average molecular weight is 613 g/mol. The van der Waals surface area contributed by atoms with Crippen molar-refractivity contribution in [3.63, 3.8) is 0 Å². The molecule has 0 saturated heterocycles. The van der Waals surface area contributed by atoms with Crippen LogP contribution in [0.3, 0.4) is 0 Å². The number of hydrogen-bond acceptors (Lipinski definition) is 2. The Morgan fingerprint density at radius 2 is 0.917 bits per heavy atom. The molecule has 2 aromatic heterocycles. The molecule has 0 aliphatic carbocycles. The second-order valence-corrected chi connectivity index (χ2v) is 12.4. The Bertz CT molecular complexity index is 2780. The van der Waals surface area contributed by atoms with Crippen molar-refractivity contribution in [1.29, 1.82) is 0 Å². The molecule has 0 bridgehead atoms. The van der Waals surface area contributed by atoms with Crippen LogP contribution in [0, 0.1) is 0 Å². The molecular weight excluding hydrogens is 585 g/mol. The van der Waals surface area contributed by atoms with Crippen molar-refractivity contribution in [2.75, 3.05) is 0 Å². The summed E-state index contributed by atoms with van der Waals surface area (Å²) in [5.74, 6) is 0.876. The second kappa shape index (κ2) is 10.6. The van der Waals surface area contributed by atoms with Gasteiger partial charge < -0.3 is 8.83 Å². The zero-order valence-corrected chi connectivity index (χ0v) is 26.0. The molecule has 0 N–H and O–H groups in total. The summed E-state index contributed by atoms with van der Waals surface area (Å²) in [5.41, 5.74) is 10.9. The van der Waals surface area contributed by atoms with Gasteiger partial charge in [0.15, 0.2) is 0 Å². The van der Waals surface area contributed by atoms with Gasteiger partial charge in [0.2, 0.25) is 0 Å². The third-order valence-corrected chi connectivity index (χ3v) is 9.67. The first-order chi connectivity index (χ1) is 23.8. The smallest absolute Gasteiger partial charge is 0.136 e. The molecule has 0 aliphatic heterocycles. The first-order valence-electron chi connectivity index (χ1n) is 16.3. The van der Waals surface area contributed by atoms with E-state index in [9.17, 15) is 0 Å². The monoisotopic (exact) mass is 612 g/mol. The van der Waals surface area contributed by atoms with E-state index < -0.39 is 0 Å². The largest absolute Gasteiger partial charge is 0.456 e. The van der Waals surface area contributed by atoms with E-state index in [1.54, 1.807) is 0 Å². The fourth-order valence-electron chi connectivity index (χ4n) is 7.54. The van der Waals surface area contributed by atoms with Crippen LogP contribution in [0.5, 0.6) is 0 Å². The molecule has 2 heterocycles. The van der Waals surface area contributed by atoms with Gasteiger partial charge in [-0.05, 0) is 91.3 Å². The van der Waals surface area contributed by atoms with Crippen molar-refractivity contribution >= 4 is 54.5 Å². The second-order valence-electron chi connectivity index (χ2n) is 12.4. The van der Waals surface area contributed by atoms with Crippen molar-refractivity contribution in [2.45, 2.75) is 0 Å². The summed E-state index contributed by atoms with van der Waals surface area (Å²) in [6.07, 6.45) is 0. The fourth-order valence-corrected chi connectivity index (χ4v) is 7.54. The Labute approximate surface area is 277 Å². The van der Waals surface area contributed by atoms with E-state index in [2.05, 4.69) is 158 Å². The van der Waals surface area contributed by atoms with E-state index in [0.29, 0.717) is 0 Å². The van der Waals surface area contributed by atoms with Crippen molar-refractivity contribution in [3.05, 3.63) is 170 Å². The van der Waals surface area contributed by atoms with Crippen LogP contribution in [0.2, 0.25) is 0 Å². The van der Waals surface area contributed by atoms with Gasteiger partial charge in [-0.25, -0.2) is 0 Å². The summed E-state index contributed by atoms with van der Waals surface area (Å²) in [4.78, 5) is 0. The highest BCUT2D eigenvalue weighted by Gasteiger charge is 2.20. The van der Waals surface area contributed by atoms with Crippen LogP contribution in [0.1, 0.15) is 0 Å². The third-order valence-electron chi connectivity index (χ3n) is 9.67. The minimum absolute atomic E-state index is 0.876. The van der Waals surface area contributed by atoms with Gasteiger partial charge in [-0.1, -0.05) is 133 Å². The van der Waals surface area contributed by atoms with Crippen LogP contribution < -0.4 is 0 Å². The summed E-state index contributed by atoms with van der Waals surface area (Å²) in [6.45, 7) is 0.